The number of aryl methyl sites for hydroxylation is 1. The third-order valence-corrected chi connectivity index (χ3v) is 2.92. The normalized spacial score (nSPS) is 12.4. The average Bonchev–Trinajstić information content (AvgIpc) is 2.44. The second-order valence-electron chi connectivity index (χ2n) is 4.62. The highest BCUT2D eigenvalue weighted by Crippen LogP contribution is 2.21. The Kier molecular flexibility index (Phi) is 7.41. The molecule has 1 unspecified atom stereocenters. The van der Waals surface area contributed by atoms with E-state index in [-0.39, 0.29) is 6.10 Å². The number of hydrogen-bond acceptors (Lipinski definition) is 4. The Hall–Kier alpha value is -1.16. The summed E-state index contributed by atoms with van der Waals surface area (Å²) >= 11 is 0. The first-order valence-corrected chi connectivity index (χ1v) is 7.48. The van der Waals surface area contributed by atoms with Gasteiger partial charge in [0.1, 0.15) is 11.9 Å². The Balaban J connectivity index is 2.95. The van der Waals surface area contributed by atoms with E-state index in [9.17, 15) is 0 Å². The zero-order valence-electron chi connectivity index (χ0n) is 12.7. The lowest BCUT2D eigenvalue weighted by molar-refractivity contribution is 0.0493. The highest BCUT2D eigenvalue weighted by atomic mass is 16.5. The van der Waals surface area contributed by atoms with Crippen molar-refractivity contribution < 1.29 is 4.74 Å². The molecule has 0 aliphatic rings. The van der Waals surface area contributed by atoms with Crippen LogP contribution in [0.15, 0.2) is 6.07 Å². The number of nitrogens with zero attached hydrogens (tertiary/aromatic N) is 2. The van der Waals surface area contributed by atoms with Crippen molar-refractivity contribution in [2.45, 2.75) is 59.5 Å². The van der Waals surface area contributed by atoms with Crippen LogP contribution in [-0.2, 0) is 11.2 Å². The maximum Gasteiger partial charge on any atom is 0.159 e. The minimum atomic E-state index is 0.0173. The van der Waals surface area contributed by atoms with Crippen molar-refractivity contribution in [2.75, 3.05) is 18.5 Å². The predicted molar refractivity (Wildman–Crippen MR) is 79.5 cm³/mol. The number of ether oxygens (including phenoxy) is 1. The van der Waals surface area contributed by atoms with Crippen LogP contribution in [0.2, 0.25) is 0 Å². The van der Waals surface area contributed by atoms with Crippen LogP contribution in [0.1, 0.15) is 64.6 Å². The first kappa shape index (κ1) is 15.9. The van der Waals surface area contributed by atoms with Crippen molar-refractivity contribution in [3.63, 3.8) is 0 Å². The van der Waals surface area contributed by atoms with E-state index < -0.39 is 0 Å². The van der Waals surface area contributed by atoms with E-state index in [1.165, 1.54) is 0 Å². The summed E-state index contributed by atoms with van der Waals surface area (Å²) in [6, 6.07) is 2.04. The zero-order valence-corrected chi connectivity index (χ0v) is 12.7. The molecule has 1 rings (SSSR count). The quantitative estimate of drug-likeness (QED) is 0.739. The lowest BCUT2D eigenvalue weighted by Gasteiger charge is -2.17. The van der Waals surface area contributed by atoms with Crippen LogP contribution in [0.25, 0.3) is 0 Å². The summed E-state index contributed by atoms with van der Waals surface area (Å²) in [7, 11) is 0. The summed E-state index contributed by atoms with van der Waals surface area (Å²) < 4.78 is 5.77. The Morgan fingerprint density at radius 3 is 2.53 bits per heavy atom. The topological polar surface area (TPSA) is 47.0 Å². The highest BCUT2D eigenvalue weighted by molar-refractivity contribution is 5.36. The van der Waals surface area contributed by atoms with Gasteiger partial charge in [-0.15, -0.1) is 0 Å². The van der Waals surface area contributed by atoms with Gasteiger partial charge in [0, 0.05) is 24.9 Å². The number of anilines is 1. The summed E-state index contributed by atoms with van der Waals surface area (Å²) in [5.41, 5.74) is 1.07. The molecule has 0 saturated carbocycles. The first-order valence-electron chi connectivity index (χ1n) is 7.48. The van der Waals surface area contributed by atoms with E-state index in [1.807, 2.05) is 13.0 Å². The van der Waals surface area contributed by atoms with Crippen LogP contribution >= 0.6 is 0 Å². The van der Waals surface area contributed by atoms with Gasteiger partial charge >= 0.3 is 0 Å². The summed E-state index contributed by atoms with van der Waals surface area (Å²) in [5, 5.41) is 3.34. The van der Waals surface area contributed by atoms with E-state index in [0.29, 0.717) is 6.61 Å². The van der Waals surface area contributed by atoms with Crippen molar-refractivity contribution in [3.05, 3.63) is 17.6 Å². The van der Waals surface area contributed by atoms with Gasteiger partial charge in [-0.1, -0.05) is 27.2 Å². The van der Waals surface area contributed by atoms with Crippen LogP contribution in [0.3, 0.4) is 0 Å². The molecule has 0 aliphatic heterocycles. The predicted octanol–water partition coefficient (Wildman–Crippen LogP) is 3.74. The smallest absolute Gasteiger partial charge is 0.159 e. The Morgan fingerprint density at radius 1 is 1.16 bits per heavy atom. The number of aromatic nitrogens is 2. The van der Waals surface area contributed by atoms with E-state index in [4.69, 9.17) is 4.74 Å². The number of rotatable bonds is 9. The molecule has 1 N–H and O–H groups in total. The number of hydrogen-bond donors (Lipinski definition) is 1. The van der Waals surface area contributed by atoms with Gasteiger partial charge in [-0.3, -0.25) is 0 Å². The highest BCUT2D eigenvalue weighted by Gasteiger charge is 2.15. The van der Waals surface area contributed by atoms with Crippen molar-refractivity contribution >= 4 is 5.82 Å². The molecule has 1 aromatic rings. The molecule has 1 heterocycles. The van der Waals surface area contributed by atoms with Gasteiger partial charge in [0.15, 0.2) is 5.82 Å². The fourth-order valence-electron chi connectivity index (χ4n) is 1.94. The van der Waals surface area contributed by atoms with E-state index >= 15 is 0 Å². The lowest BCUT2D eigenvalue weighted by Crippen LogP contribution is -2.13. The molecule has 0 bridgehead atoms. The first-order chi connectivity index (χ1) is 9.24. The van der Waals surface area contributed by atoms with Crippen molar-refractivity contribution in [2.24, 2.45) is 0 Å². The molecule has 1 aromatic heterocycles. The summed E-state index contributed by atoms with van der Waals surface area (Å²) in [5.74, 6) is 1.74. The minimum Gasteiger partial charge on any atom is -0.371 e. The molecule has 0 aliphatic carbocycles. The van der Waals surface area contributed by atoms with Gasteiger partial charge in [0.2, 0.25) is 0 Å². The SMILES string of the molecule is CCCNc1cc(CC)nc(C(CCC)OCC)n1. The second kappa shape index (κ2) is 8.86. The molecule has 4 nitrogen and oxygen atoms in total. The Bertz CT molecular complexity index is 362. The van der Waals surface area contributed by atoms with Crippen molar-refractivity contribution in [3.8, 4) is 0 Å². The Morgan fingerprint density at radius 2 is 1.95 bits per heavy atom. The van der Waals surface area contributed by atoms with Gasteiger partial charge in [-0.2, -0.15) is 0 Å². The average molecular weight is 265 g/mol. The van der Waals surface area contributed by atoms with Crippen LogP contribution in [0, 0.1) is 0 Å². The van der Waals surface area contributed by atoms with Gasteiger partial charge in [0.05, 0.1) is 0 Å². The van der Waals surface area contributed by atoms with Gasteiger partial charge in [-0.25, -0.2) is 9.97 Å². The fraction of sp³-hybridized carbons (Fsp3) is 0.733. The van der Waals surface area contributed by atoms with Crippen LogP contribution < -0.4 is 5.32 Å². The molecule has 0 saturated heterocycles. The molecule has 0 radical (unpaired) electrons. The van der Waals surface area contributed by atoms with Crippen LogP contribution in [0.5, 0.6) is 0 Å². The minimum absolute atomic E-state index is 0.0173. The second-order valence-corrected chi connectivity index (χ2v) is 4.62. The third-order valence-electron chi connectivity index (χ3n) is 2.92. The van der Waals surface area contributed by atoms with E-state index in [2.05, 4.69) is 36.1 Å². The van der Waals surface area contributed by atoms with Crippen LogP contribution in [0.4, 0.5) is 5.82 Å². The molecule has 0 spiro atoms. The molecular formula is C15H27N3O. The van der Waals surface area contributed by atoms with Gasteiger partial charge < -0.3 is 10.1 Å². The molecule has 108 valence electrons. The summed E-state index contributed by atoms with van der Waals surface area (Å²) in [6.07, 6.45) is 4.06. The lowest BCUT2D eigenvalue weighted by atomic mass is 10.2. The molecule has 19 heavy (non-hydrogen) atoms. The number of nitrogens with one attached hydrogen (secondary N) is 1. The monoisotopic (exact) mass is 265 g/mol. The molecule has 0 fully saturated rings. The molecular weight excluding hydrogens is 238 g/mol. The van der Waals surface area contributed by atoms with Gasteiger partial charge in [0.25, 0.3) is 0 Å². The fourth-order valence-corrected chi connectivity index (χ4v) is 1.94. The van der Waals surface area contributed by atoms with Crippen LogP contribution in [-0.4, -0.2) is 23.1 Å². The molecule has 0 aromatic carbocycles. The molecule has 0 amide bonds. The summed E-state index contributed by atoms with van der Waals surface area (Å²) in [6.45, 7) is 10.1. The van der Waals surface area contributed by atoms with Gasteiger partial charge in [-0.05, 0) is 26.2 Å². The Labute approximate surface area is 117 Å². The maximum atomic E-state index is 5.77. The van der Waals surface area contributed by atoms with E-state index in [0.717, 1.165) is 49.6 Å². The van der Waals surface area contributed by atoms with Crippen molar-refractivity contribution in [1.82, 2.24) is 9.97 Å². The van der Waals surface area contributed by atoms with Crippen molar-refractivity contribution in [1.29, 1.82) is 0 Å². The summed E-state index contributed by atoms with van der Waals surface area (Å²) in [4.78, 5) is 9.23. The van der Waals surface area contributed by atoms with E-state index in [1.54, 1.807) is 0 Å². The standard InChI is InChI=1S/C15H27N3O/c1-5-9-13(19-8-4)15-17-12(7-3)11-14(18-15)16-10-6-2/h11,13H,5-10H2,1-4H3,(H,16,17,18). The largest absolute Gasteiger partial charge is 0.371 e. The molecule has 4 heteroatoms. The third kappa shape index (κ3) is 5.15. The maximum absolute atomic E-state index is 5.77. The zero-order chi connectivity index (χ0) is 14.1. The molecule has 1 atom stereocenters.